The molecule has 0 radical (unpaired) electrons. The number of hydrogen-bond acceptors (Lipinski definition) is 2. The van der Waals surface area contributed by atoms with Crippen molar-refractivity contribution < 1.29 is 22.7 Å². The van der Waals surface area contributed by atoms with Gasteiger partial charge in [-0.3, -0.25) is 0 Å². The van der Waals surface area contributed by atoms with Gasteiger partial charge in [-0.15, -0.1) is 0 Å². The Kier molecular flexibility index (Phi) is 3.76. The van der Waals surface area contributed by atoms with Crippen molar-refractivity contribution in [3.63, 3.8) is 0 Å². The van der Waals surface area contributed by atoms with Gasteiger partial charge < -0.3 is 10.5 Å². The van der Waals surface area contributed by atoms with Crippen molar-refractivity contribution in [2.24, 2.45) is 5.73 Å². The molecule has 0 saturated carbocycles. The summed E-state index contributed by atoms with van der Waals surface area (Å²) in [6.45, 7) is 0. The van der Waals surface area contributed by atoms with Crippen LogP contribution in [0.3, 0.4) is 0 Å². The van der Waals surface area contributed by atoms with Gasteiger partial charge in [0, 0.05) is 6.42 Å². The highest BCUT2D eigenvalue weighted by molar-refractivity contribution is 5.64. The molecule has 1 atom stereocenters. The third kappa shape index (κ3) is 3.80. The molecule has 0 aromatic heterocycles. The number of ether oxygens (including phenoxy) is 1. The van der Waals surface area contributed by atoms with Crippen LogP contribution in [0.15, 0.2) is 30.3 Å². The number of benzene rings is 1. The summed E-state index contributed by atoms with van der Waals surface area (Å²) in [5.41, 5.74) is 5.00. The van der Waals surface area contributed by atoms with Crippen LogP contribution in [-0.4, -0.2) is 18.4 Å². The zero-order valence-electron chi connectivity index (χ0n) is 8.20. The van der Waals surface area contributed by atoms with Crippen molar-refractivity contribution in [1.29, 1.82) is 0 Å². The normalized spacial score (nSPS) is 13.2. The van der Waals surface area contributed by atoms with Crippen molar-refractivity contribution >= 4 is 6.09 Å². The molecule has 88 valence electrons. The maximum Gasteiger partial charge on any atom is 0.425 e. The quantitative estimate of drug-likeness (QED) is 0.870. The lowest BCUT2D eigenvalue weighted by Gasteiger charge is -2.19. The lowest BCUT2D eigenvalue weighted by Crippen LogP contribution is -2.37. The second-order valence-electron chi connectivity index (χ2n) is 3.16. The Morgan fingerprint density at radius 2 is 1.88 bits per heavy atom. The summed E-state index contributed by atoms with van der Waals surface area (Å²) in [7, 11) is 0. The molecule has 0 aliphatic heterocycles. The van der Waals surface area contributed by atoms with E-state index in [1.807, 2.05) is 0 Å². The first-order valence-corrected chi connectivity index (χ1v) is 4.46. The van der Waals surface area contributed by atoms with Crippen molar-refractivity contribution in [3.8, 4) is 0 Å². The molecule has 1 rings (SSSR count). The first kappa shape index (κ1) is 12.4. The van der Waals surface area contributed by atoms with Gasteiger partial charge in [0.25, 0.3) is 0 Å². The van der Waals surface area contributed by atoms with E-state index in [1.165, 1.54) is 12.1 Å². The Bertz CT molecular complexity index is 351. The molecule has 3 nitrogen and oxygen atoms in total. The summed E-state index contributed by atoms with van der Waals surface area (Å²) < 4.78 is 41.3. The fourth-order valence-corrected chi connectivity index (χ4v) is 1.19. The number of carbonyl (C=O) groups is 1. The minimum absolute atomic E-state index is 0.422. The number of hydrogen-bond donors (Lipinski definition) is 1. The van der Waals surface area contributed by atoms with Gasteiger partial charge in [0.05, 0.1) is 0 Å². The minimum atomic E-state index is -4.62. The van der Waals surface area contributed by atoms with E-state index in [-0.39, 0.29) is 0 Å². The predicted molar refractivity (Wildman–Crippen MR) is 50.7 cm³/mol. The van der Waals surface area contributed by atoms with Crippen molar-refractivity contribution in [2.45, 2.75) is 18.7 Å². The van der Waals surface area contributed by atoms with Gasteiger partial charge in [0.15, 0.2) is 0 Å². The van der Waals surface area contributed by atoms with Crippen LogP contribution < -0.4 is 5.73 Å². The maximum atomic E-state index is 12.4. The summed E-state index contributed by atoms with van der Waals surface area (Å²) in [5, 5.41) is 0. The largest absolute Gasteiger partial charge is 0.436 e. The molecular formula is C10H10F3NO2. The van der Waals surface area contributed by atoms with E-state index in [0.29, 0.717) is 5.56 Å². The van der Waals surface area contributed by atoms with Crippen molar-refractivity contribution in [1.82, 2.24) is 0 Å². The molecule has 6 heteroatoms. The third-order valence-corrected chi connectivity index (χ3v) is 1.89. The zero-order chi connectivity index (χ0) is 12.2. The van der Waals surface area contributed by atoms with E-state index in [1.54, 1.807) is 18.2 Å². The standard InChI is InChI=1S/C10H10F3NO2/c11-10(12,13)8(16-9(14)15)6-7-4-2-1-3-5-7/h1-5,8H,6H2,(H2,14,15). The number of primary amides is 1. The molecular weight excluding hydrogens is 223 g/mol. The van der Waals surface area contributed by atoms with Gasteiger partial charge >= 0.3 is 12.3 Å². The molecule has 1 unspecified atom stereocenters. The number of alkyl halides is 3. The lowest BCUT2D eigenvalue weighted by atomic mass is 10.1. The summed E-state index contributed by atoms with van der Waals surface area (Å²) >= 11 is 0. The summed E-state index contributed by atoms with van der Waals surface area (Å²) in [4.78, 5) is 10.3. The fraction of sp³-hybridized carbons (Fsp3) is 0.300. The molecule has 0 saturated heterocycles. The average Bonchev–Trinajstić information content (AvgIpc) is 2.16. The maximum absolute atomic E-state index is 12.4. The average molecular weight is 233 g/mol. The van der Waals surface area contributed by atoms with Crippen LogP contribution in [0.1, 0.15) is 5.56 Å². The van der Waals surface area contributed by atoms with E-state index in [4.69, 9.17) is 0 Å². The Morgan fingerprint density at radius 3 is 2.31 bits per heavy atom. The fourth-order valence-electron chi connectivity index (χ4n) is 1.19. The highest BCUT2D eigenvalue weighted by Gasteiger charge is 2.42. The SMILES string of the molecule is NC(=O)OC(Cc1ccccc1)C(F)(F)F. The van der Waals surface area contributed by atoms with Crippen LogP contribution in [0.5, 0.6) is 0 Å². The minimum Gasteiger partial charge on any atom is -0.436 e. The number of carbonyl (C=O) groups excluding carboxylic acids is 1. The Balaban J connectivity index is 2.75. The third-order valence-electron chi connectivity index (χ3n) is 1.89. The predicted octanol–water partition coefficient (Wildman–Crippen LogP) is 2.26. The second-order valence-corrected chi connectivity index (χ2v) is 3.16. The van der Waals surface area contributed by atoms with E-state index < -0.39 is 24.8 Å². The Labute approximate surface area is 90.0 Å². The first-order valence-electron chi connectivity index (χ1n) is 4.46. The summed E-state index contributed by atoms with van der Waals surface area (Å²) in [5.74, 6) is 0. The van der Waals surface area contributed by atoms with Gasteiger partial charge in [-0.2, -0.15) is 13.2 Å². The Morgan fingerprint density at radius 1 is 1.31 bits per heavy atom. The molecule has 1 amide bonds. The second kappa shape index (κ2) is 4.87. The van der Waals surface area contributed by atoms with E-state index >= 15 is 0 Å². The smallest absolute Gasteiger partial charge is 0.425 e. The summed E-state index contributed by atoms with van der Waals surface area (Å²) in [6, 6.07) is 7.92. The lowest BCUT2D eigenvalue weighted by molar-refractivity contribution is -0.202. The Hall–Kier alpha value is -1.72. The van der Waals surface area contributed by atoms with Crippen molar-refractivity contribution in [3.05, 3.63) is 35.9 Å². The van der Waals surface area contributed by atoms with E-state index in [0.717, 1.165) is 0 Å². The molecule has 0 heterocycles. The van der Waals surface area contributed by atoms with Crippen LogP contribution in [0.25, 0.3) is 0 Å². The first-order chi connectivity index (χ1) is 7.39. The molecule has 1 aromatic rings. The molecule has 2 N–H and O–H groups in total. The number of nitrogens with two attached hydrogens (primary N) is 1. The van der Waals surface area contributed by atoms with Gasteiger partial charge in [-0.25, -0.2) is 4.79 Å². The van der Waals surface area contributed by atoms with E-state index in [9.17, 15) is 18.0 Å². The monoisotopic (exact) mass is 233 g/mol. The van der Waals surface area contributed by atoms with Gasteiger partial charge in [-0.05, 0) is 5.56 Å². The van der Waals surface area contributed by atoms with Crippen molar-refractivity contribution in [2.75, 3.05) is 0 Å². The van der Waals surface area contributed by atoms with Gasteiger partial charge in [0.1, 0.15) is 0 Å². The van der Waals surface area contributed by atoms with Gasteiger partial charge in [0.2, 0.25) is 6.10 Å². The molecule has 0 aliphatic rings. The van der Waals surface area contributed by atoms with Crippen LogP contribution in [0.4, 0.5) is 18.0 Å². The molecule has 0 fully saturated rings. The number of halogens is 3. The van der Waals surface area contributed by atoms with E-state index in [2.05, 4.69) is 10.5 Å². The molecule has 0 aliphatic carbocycles. The molecule has 1 aromatic carbocycles. The number of rotatable bonds is 3. The van der Waals surface area contributed by atoms with Crippen LogP contribution in [0, 0.1) is 0 Å². The topological polar surface area (TPSA) is 52.3 Å². The highest BCUT2D eigenvalue weighted by atomic mass is 19.4. The van der Waals surface area contributed by atoms with Gasteiger partial charge in [-0.1, -0.05) is 30.3 Å². The summed E-state index contributed by atoms with van der Waals surface area (Å²) in [6.07, 6.45) is -8.69. The van der Waals surface area contributed by atoms with Crippen LogP contribution >= 0.6 is 0 Å². The van der Waals surface area contributed by atoms with Crippen LogP contribution in [0.2, 0.25) is 0 Å². The zero-order valence-corrected chi connectivity index (χ0v) is 8.20. The highest BCUT2D eigenvalue weighted by Crippen LogP contribution is 2.25. The molecule has 0 spiro atoms. The molecule has 0 bridgehead atoms. The van der Waals surface area contributed by atoms with Crippen LogP contribution in [-0.2, 0) is 11.2 Å². The number of amides is 1. The molecule has 16 heavy (non-hydrogen) atoms.